The van der Waals surface area contributed by atoms with E-state index in [9.17, 15) is 19.4 Å². The zero-order valence-corrected chi connectivity index (χ0v) is 33.1. The highest BCUT2D eigenvalue weighted by Crippen LogP contribution is 2.38. The van der Waals surface area contributed by atoms with Crippen LogP contribution in [0, 0.1) is 0 Å². The number of rotatable bonds is 37. The Morgan fingerprint density at radius 2 is 1.32 bits per heavy atom. The average molecular weight is 738 g/mol. The molecule has 50 heavy (non-hydrogen) atoms. The summed E-state index contributed by atoms with van der Waals surface area (Å²) in [6, 6.07) is -0.968. The van der Waals surface area contributed by atoms with Gasteiger partial charge in [-0.15, -0.1) is 0 Å². The number of unbranched alkanes of at least 4 members (excludes halogenated alkanes) is 18. The molecule has 0 aromatic heterocycles. The van der Waals surface area contributed by atoms with E-state index in [0.717, 1.165) is 51.4 Å². The van der Waals surface area contributed by atoms with Gasteiger partial charge in [-0.2, -0.15) is 0 Å². The Balaban J connectivity index is 4.63. The van der Waals surface area contributed by atoms with Gasteiger partial charge < -0.3 is 28.8 Å². The summed E-state index contributed by atoms with van der Waals surface area (Å²) in [6.07, 6.45) is 18.2. The van der Waals surface area contributed by atoms with Crippen LogP contribution < -0.4 is 10.2 Å². The lowest BCUT2D eigenvalue weighted by atomic mass is 10.0. The van der Waals surface area contributed by atoms with Gasteiger partial charge in [0.15, 0.2) is 0 Å². The fraction of sp³-hybridized carbons (Fsp3) is 0.878. The number of aliphatic hydroxyl groups excluding tert-OH is 1. The van der Waals surface area contributed by atoms with Crippen molar-refractivity contribution in [2.75, 3.05) is 40.9 Å². The summed E-state index contributed by atoms with van der Waals surface area (Å²) >= 11 is 0. The molecule has 0 spiro atoms. The maximum absolute atomic E-state index is 12.9. The van der Waals surface area contributed by atoms with E-state index in [2.05, 4.69) is 12.2 Å². The van der Waals surface area contributed by atoms with E-state index in [1.807, 2.05) is 39.4 Å². The van der Waals surface area contributed by atoms with Crippen LogP contribution in [0.5, 0.6) is 0 Å². The molecule has 296 valence electrons. The molecule has 2 N–H and O–H groups in total. The number of hydrogen-bond acceptors (Lipinski definition) is 6. The third kappa shape index (κ3) is 35.4. The summed E-state index contributed by atoms with van der Waals surface area (Å²) in [6.45, 7) is -1.11. The van der Waals surface area contributed by atoms with E-state index in [1.165, 1.54) is 57.8 Å². The van der Waals surface area contributed by atoms with Crippen LogP contribution in [-0.4, -0.2) is 68.5 Å². The number of carbonyl (C=O) groups is 1. The minimum atomic E-state index is -4.65. The van der Waals surface area contributed by atoms with Gasteiger partial charge in [-0.3, -0.25) is 9.36 Å². The third-order valence-corrected chi connectivity index (χ3v) is 9.47. The summed E-state index contributed by atoms with van der Waals surface area (Å²) in [5, 5.41) is 13.7. The first-order valence-corrected chi connectivity index (χ1v) is 21.1. The van der Waals surface area contributed by atoms with Crippen molar-refractivity contribution < 1.29 is 45.2 Å². The lowest BCUT2D eigenvalue weighted by Gasteiger charge is -2.29. The predicted octanol–water partition coefficient (Wildman–Crippen LogP) is 10.3. The number of hydrogen-bond donors (Lipinski definition) is 2. The molecule has 0 aromatic carbocycles. The van der Waals surface area contributed by atoms with Crippen molar-refractivity contribution in [2.45, 2.75) is 193 Å². The summed E-state index contributed by atoms with van der Waals surface area (Å²) in [5.74, 6) is -0.300. The topological polar surface area (TPSA) is 108 Å². The van der Waals surface area contributed by atoms with Crippen molar-refractivity contribution in [3.8, 4) is 0 Å². The molecule has 0 aliphatic carbocycles. The van der Waals surface area contributed by atoms with Gasteiger partial charge in [-0.05, 0) is 44.9 Å². The second kappa shape index (κ2) is 33.8. The highest BCUT2D eigenvalue weighted by atomic mass is 31.2. The molecule has 3 atom stereocenters. The van der Waals surface area contributed by atoms with Crippen LogP contribution in [0.3, 0.4) is 0 Å². The monoisotopic (exact) mass is 738 g/mol. The van der Waals surface area contributed by atoms with Crippen molar-refractivity contribution >= 4 is 13.7 Å². The molecule has 0 saturated carbocycles. The van der Waals surface area contributed by atoms with Gasteiger partial charge in [0.05, 0.1) is 39.9 Å². The molecule has 0 fully saturated rings. The lowest BCUT2D eigenvalue weighted by Crippen LogP contribution is -2.45. The first-order valence-electron chi connectivity index (χ1n) is 24.1. The molecule has 0 bridgehead atoms. The molecule has 0 aromatic rings. The van der Waals surface area contributed by atoms with Gasteiger partial charge in [0, 0.05) is 18.8 Å². The number of quaternary nitrogens is 1. The van der Waals surface area contributed by atoms with Crippen LogP contribution in [0.25, 0.3) is 0 Å². The summed E-state index contributed by atoms with van der Waals surface area (Å²) in [4.78, 5) is 25.3. The van der Waals surface area contributed by atoms with Crippen molar-refractivity contribution in [3.63, 3.8) is 0 Å². The SMILES string of the molecule is [2H]C([2H])([2H])C([2H])([2H])C([2H])([2H])C([2H])([2H])CCCC/C=C\CCCCCCCC(=O)N[C@@H](COP(=O)([O-])OCC[N+](C)(C)C)[C@H](O)/C=C/CCCCCCCCCCCCC. The van der Waals surface area contributed by atoms with Crippen LogP contribution in [0.2, 0.25) is 0 Å². The second-order valence-corrected chi connectivity index (χ2v) is 15.9. The van der Waals surface area contributed by atoms with Crippen LogP contribution in [0.4, 0.5) is 0 Å². The van der Waals surface area contributed by atoms with Crippen LogP contribution in [0.15, 0.2) is 24.3 Å². The van der Waals surface area contributed by atoms with Crippen molar-refractivity contribution in [1.29, 1.82) is 0 Å². The highest BCUT2D eigenvalue weighted by Gasteiger charge is 2.23. The number of allylic oxidation sites excluding steroid dienone is 3. The Labute approximate surface area is 322 Å². The number of likely N-dealkylation sites (N-methyl/N-ethyl adjacent to an activating group) is 1. The Kier molecular flexibility index (Phi) is 23.5. The molecule has 0 radical (unpaired) electrons. The van der Waals surface area contributed by atoms with E-state index < -0.39 is 52.5 Å². The van der Waals surface area contributed by atoms with E-state index in [1.54, 1.807) is 6.08 Å². The second-order valence-electron chi connectivity index (χ2n) is 14.5. The fourth-order valence-electron chi connectivity index (χ4n) is 5.33. The Bertz CT molecular complexity index is 1220. The minimum absolute atomic E-state index is 0.0513. The number of phosphoric ester groups is 1. The van der Waals surface area contributed by atoms with Gasteiger partial charge in [-0.25, -0.2) is 0 Å². The van der Waals surface area contributed by atoms with Crippen molar-refractivity contribution in [3.05, 3.63) is 24.3 Å². The first kappa shape index (κ1) is 34.7. The molecule has 9 heteroatoms. The van der Waals surface area contributed by atoms with Gasteiger partial charge in [-0.1, -0.05) is 154 Å². The minimum Gasteiger partial charge on any atom is -0.756 e. The summed E-state index contributed by atoms with van der Waals surface area (Å²) in [5.41, 5.74) is 0. The van der Waals surface area contributed by atoms with E-state index in [4.69, 9.17) is 21.4 Å². The average Bonchev–Trinajstić information content (AvgIpc) is 3.12. The number of carbonyl (C=O) groups excluding carboxylic acids is 1. The molecule has 8 nitrogen and oxygen atoms in total. The number of aliphatic hydroxyl groups is 1. The van der Waals surface area contributed by atoms with Gasteiger partial charge in [0.1, 0.15) is 13.2 Å². The Morgan fingerprint density at radius 3 is 1.88 bits per heavy atom. The molecule has 0 aliphatic rings. The molecule has 0 heterocycles. The van der Waals surface area contributed by atoms with E-state index in [-0.39, 0.29) is 31.8 Å². The maximum atomic E-state index is 12.9. The zero-order chi connectivity index (χ0) is 45.1. The molecular formula is C41H81N2O6P. The highest BCUT2D eigenvalue weighted by molar-refractivity contribution is 7.45. The molecular weight excluding hydrogens is 647 g/mol. The normalized spacial score (nSPS) is 18.6. The smallest absolute Gasteiger partial charge is 0.268 e. The molecule has 0 aliphatic heterocycles. The number of amides is 1. The molecule has 0 rings (SSSR count). The Hall–Kier alpha value is -1.02. The van der Waals surface area contributed by atoms with Crippen molar-refractivity contribution in [1.82, 2.24) is 5.32 Å². The van der Waals surface area contributed by atoms with Crippen LogP contribution in [-0.2, 0) is 18.4 Å². The predicted molar refractivity (Wildman–Crippen MR) is 210 cm³/mol. The van der Waals surface area contributed by atoms with Crippen LogP contribution >= 0.6 is 7.82 Å². The molecule has 1 unspecified atom stereocenters. The van der Waals surface area contributed by atoms with Crippen LogP contribution in [0.1, 0.15) is 193 Å². The van der Waals surface area contributed by atoms with E-state index in [0.29, 0.717) is 30.3 Å². The summed E-state index contributed by atoms with van der Waals surface area (Å²) in [7, 11) is 1.08. The standard InChI is InChI=1S/C41H81N2O6P/c1-6-8-10-12-14-16-18-20-21-23-25-27-29-31-33-35-41(45)42-39(38-49-50(46,47)48-37-36-43(3,4)5)40(44)34-32-30-28-26-24-22-19-17-15-13-11-9-7-2/h20-21,32,34,39-40,44H,6-19,22-31,33,35-38H2,1-5H3,(H-,42,45,46,47)/b21-20-,34-32+/t39-,40+/m0/s1/i1D3,6D2,8D2,10D2. The third-order valence-electron chi connectivity index (χ3n) is 8.50. The van der Waals surface area contributed by atoms with E-state index >= 15 is 0 Å². The molecule has 0 saturated heterocycles. The summed E-state index contributed by atoms with van der Waals surface area (Å²) < 4.78 is 92.3. The first-order chi connectivity index (χ1) is 27.4. The quantitative estimate of drug-likeness (QED) is 0.0284. The fourth-order valence-corrected chi connectivity index (χ4v) is 6.06. The van der Waals surface area contributed by atoms with Gasteiger partial charge >= 0.3 is 0 Å². The number of nitrogens with one attached hydrogen (secondary N) is 1. The number of phosphoric acid groups is 1. The largest absolute Gasteiger partial charge is 0.756 e. The zero-order valence-electron chi connectivity index (χ0n) is 41.2. The lowest BCUT2D eigenvalue weighted by molar-refractivity contribution is -0.870. The maximum Gasteiger partial charge on any atom is 0.268 e. The Morgan fingerprint density at radius 1 is 0.800 bits per heavy atom. The molecule has 1 amide bonds. The van der Waals surface area contributed by atoms with Gasteiger partial charge in [0.2, 0.25) is 5.91 Å². The van der Waals surface area contributed by atoms with Gasteiger partial charge in [0.25, 0.3) is 7.82 Å². The van der Waals surface area contributed by atoms with Crippen molar-refractivity contribution in [2.24, 2.45) is 0 Å². The number of nitrogens with zero attached hydrogens (tertiary/aromatic N) is 1.